The van der Waals surface area contributed by atoms with Gasteiger partial charge in [-0.1, -0.05) is 0 Å². The molecule has 4 nitrogen and oxygen atoms in total. The van der Waals surface area contributed by atoms with E-state index in [0.717, 1.165) is 19.3 Å². The Morgan fingerprint density at radius 1 is 0.963 bits per heavy atom. The zero-order chi connectivity index (χ0) is 20.2. The third-order valence-corrected chi connectivity index (χ3v) is 12.3. The van der Waals surface area contributed by atoms with E-state index in [0.29, 0.717) is 18.8 Å². The molecule has 0 bridgehead atoms. The molecule has 1 aromatic rings. The summed E-state index contributed by atoms with van der Waals surface area (Å²) in [6.45, 7) is 8.42. The number of carbonyl (C=O) groups is 1. The van der Waals surface area contributed by atoms with Crippen LogP contribution in [0.3, 0.4) is 0 Å². The molecule has 0 saturated heterocycles. The molecule has 0 amide bonds. The zero-order valence-corrected chi connectivity index (χ0v) is 19.8. The molecule has 27 heavy (non-hydrogen) atoms. The van der Waals surface area contributed by atoms with Gasteiger partial charge in [0.05, 0.1) is 0 Å². The number of hydrogen-bond acceptors (Lipinski definition) is 4. The average molecular weight is 461 g/mol. The Morgan fingerprint density at radius 3 is 2.07 bits per heavy atom. The third kappa shape index (κ3) is 8.62. The topological polar surface area (TPSA) is 52.6 Å². The molecule has 0 fully saturated rings. The first-order valence-electron chi connectivity index (χ1n) is 10.1. The van der Waals surface area contributed by atoms with Crippen LogP contribution in [-0.4, -0.2) is 33.5 Å². The summed E-state index contributed by atoms with van der Waals surface area (Å²) in [5.74, 6) is 0.0521. The van der Waals surface area contributed by atoms with Gasteiger partial charge in [0.1, 0.15) is 0 Å². The summed E-state index contributed by atoms with van der Waals surface area (Å²) in [4.78, 5) is 13.3. The van der Waals surface area contributed by atoms with E-state index in [4.69, 9.17) is 9.05 Å². The van der Waals surface area contributed by atoms with Crippen molar-refractivity contribution in [2.75, 3.05) is 13.2 Å². The van der Waals surface area contributed by atoms with E-state index in [2.05, 4.69) is 6.92 Å². The molecule has 0 spiro atoms. The second-order valence-electron chi connectivity index (χ2n) is 6.82. The summed E-state index contributed by atoms with van der Waals surface area (Å²) >= 11 is -0.581. The van der Waals surface area contributed by atoms with Gasteiger partial charge < -0.3 is 0 Å². The number of benzene rings is 1. The van der Waals surface area contributed by atoms with Crippen molar-refractivity contribution in [3.63, 3.8) is 0 Å². The van der Waals surface area contributed by atoms with Crippen LogP contribution in [0.2, 0.25) is 4.31 Å². The van der Waals surface area contributed by atoms with Crippen LogP contribution in [0.25, 0.3) is 0 Å². The third-order valence-electron chi connectivity index (χ3n) is 4.41. The first kappa shape index (κ1) is 24.6. The maximum absolute atomic E-state index is 13.3. The van der Waals surface area contributed by atoms with E-state index in [1.165, 1.54) is 25.7 Å². The molecule has 1 rings (SSSR count). The van der Waals surface area contributed by atoms with Crippen LogP contribution < -0.4 is 0 Å². The maximum atomic E-state index is 13.3. The molecule has 1 unspecified atom stereocenters. The molecule has 0 aliphatic rings. The molecule has 0 saturated carbocycles. The second-order valence-corrected chi connectivity index (χ2v) is 14.3. The average Bonchev–Trinajstić information content (AvgIpc) is 2.65. The summed E-state index contributed by atoms with van der Waals surface area (Å²) in [5, 5.41) is 0. The fourth-order valence-electron chi connectivity index (χ4n) is 2.99. The van der Waals surface area contributed by atoms with E-state index >= 15 is 0 Å². The summed E-state index contributed by atoms with van der Waals surface area (Å²) < 4.78 is 23.5. The van der Waals surface area contributed by atoms with E-state index < -0.39 is 25.1 Å². The van der Waals surface area contributed by atoms with Crippen molar-refractivity contribution in [1.82, 2.24) is 0 Å². The minimum absolute atomic E-state index is 0.0521. The van der Waals surface area contributed by atoms with Gasteiger partial charge in [-0.15, -0.1) is 0 Å². The summed E-state index contributed by atoms with van der Waals surface area (Å²) in [6, 6.07) is 9.32. The predicted octanol–water partition coefficient (Wildman–Crippen LogP) is 6.68. The Balaban J connectivity index is 2.93. The van der Waals surface area contributed by atoms with Crippen LogP contribution in [0.4, 0.5) is 0 Å². The molecule has 154 valence electrons. The van der Waals surface area contributed by atoms with Crippen LogP contribution in [0, 0.1) is 0 Å². The van der Waals surface area contributed by atoms with E-state index in [9.17, 15) is 9.36 Å². The molecular weight excluding hydrogens is 426 g/mol. The number of ketones is 1. The summed E-state index contributed by atoms with van der Waals surface area (Å²) in [5.41, 5.74) is 0.674. The molecule has 0 heterocycles. The Hall–Kier alpha value is -0.441. The van der Waals surface area contributed by atoms with Gasteiger partial charge in [-0.05, 0) is 0 Å². The summed E-state index contributed by atoms with van der Waals surface area (Å²) in [6.07, 6.45) is 4.44. The number of rotatable bonds is 15. The Labute approximate surface area is 171 Å². The van der Waals surface area contributed by atoms with Gasteiger partial charge in [0.25, 0.3) is 0 Å². The zero-order valence-electron chi connectivity index (χ0n) is 17.2. The normalized spacial score (nSPS) is 14.1. The standard InChI is InChI=1S/C21H35O4PSe/c1-5-8-9-10-11-15-18-21(4,20(22)19-16-13-12-14-17-19)27-26(23,24-6-2)25-7-3/h12-14,16-17H,5-11,15,18H2,1-4H3. The molecule has 0 aliphatic carbocycles. The van der Waals surface area contributed by atoms with E-state index in [1.54, 1.807) is 0 Å². The monoisotopic (exact) mass is 462 g/mol. The molecule has 6 heteroatoms. The van der Waals surface area contributed by atoms with Gasteiger partial charge in [-0.25, -0.2) is 0 Å². The fraction of sp³-hybridized carbons (Fsp3) is 0.667. The molecule has 0 aliphatic heterocycles. The van der Waals surface area contributed by atoms with Crippen molar-refractivity contribution in [2.24, 2.45) is 0 Å². The quantitative estimate of drug-likeness (QED) is 0.126. The van der Waals surface area contributed by atoms with E-state index in [-0.39, 0.29) is 5.78 Å². The number of Topliss-reactive ketones (excluding diaryl/α,β-unsaturated/α-hetero) is 1. The van der Waals surface area contributed by atoms with Gasteiger partial charge in [-0.3, -0.25) is 0 Å². The summed E-state index contributed by atoms with van der Waals surface area (Å²) in [7, 11) is 0. The Bertz CT molecular complexity index is 583. The van der Waals surface area contributed by atoms with Crippen LogP contribution in [0.15, 0.2) is 30.3 Å². The Morgan fingerprint density at radius 2 is 1.52 bits per heavy atom. The predicted molar refractivity (Wildman–Crippen MR) is 114 cm³/mol. The SMILES string of the molecule is CCCCCCCCC(C)([Se]P(=O)(OCC)OCC)C(=O)c1ccccc1. The van der Waals surface area contributed by atoms with Crippen LogP contribution >= 0.6 is 6.29 Å². The molecule has 0 aromatic heterocycles. The van der Waals surface area contributed by atoms with Crippen molar-refractivity contribution in [2.45, 2.75) is 77.0 Å². The molecule has 0 radical (unpaired) electrons. The van der Waals surface area contributed by atoms with Gasteiger partial charge in [0.2, 0.25) is 0 Å². The molecular formula is C21H35O4PSe. The van der Waals surface area contributed by atoms with E-state index in [1.807, 2.05) is 51.1 Å². The van der Waals surface area contributed by atoms with Crippen molar-refractivity contribution < 1.29 is 18.4 Å². The molecule has 1 aromatic carbocycles. The first-order chi connectivity index (χ1) is 12.9. The number of hydrogen-bond donors (Lipinski definition) is 0. The van der Waals surface area contributed by atoms with Gasteiger partial charge in [0, 0.05) is 0 Å². The van der Waals surface area contributed by atoms with Gasteiger partial charge in [-0.2, -0.15) is 0 Å². The number of carbonyl (C=O) groups excluding carboxylic acids is 1. The minimum atomic E-state index is -3.24. The Kier molecular flexibility index (Phi) is 11.8. The number of unbranched alkanes of at least 4 members (excludes halogenated alkanes) is 5. The molecule has 1 atom stereocenters. The van der Waals surface area contributed by atoms with Gasteiger partial charge >= 0.3 is 171 Å². The van der Waals surface area contributed by atoms with Crippen molar-refractivity contribution >= 4 is 26.6 Å². The molecule has 0 N–H and O–H groups in total. The second kappa shape index (κ2) is 12.9. The fourth-order valence-corrected chi connectivity index (χ4v) is 11.2. The van der Waals surface area contributed by atoms with Crippen molar-refractivity contribution in [3.8, 4) is 0 Å². The van der Waals surface area contributed by atoms with Gasteiger partial charge in [0.15, 0.2) is 0 Å². The van der Waals surface area contributed by atoms with Crippen LogP contribution in [0.1, 0.15) is 83.0 Å². The first-order valence-corrected chi connectivity index (χ1v) is 14.7. The van der Waals surface area contributed by atoms with Crippen LogP contribution in [0.5, 0.6) is 0 Å². The van der Waals surface area contributed by atoms with Crippen molar-refractivity contribution in [1.29, 1.82) is 0 Å². The van der Waals surface area contributed by atoms with Crippen LogP contribution in [-0.2, 0) is 13.6 Å². The van der Waals surface area contributed by atoms with Crippen molar-refractivity contribution in [3.05, 3.63) is 35.9 Å².